The Labute approximate surface area is 112 Å². The molecule has 0 aromatic heterocycles. The van der Waals surface area contributed by atoms with Crippen LogP contribution in [0.5, 0.6) is 11.5 Å². The van der Waals surface area contributed by atoms with E-state index in [2.05, 4.69) is 0 Å². The minimum absolute atomic E-state index is 0.155. The van der Waals surface area contributed by atoms with Crippen molar-refractivity contribution in [1.82, 2.24) is 0 Å². The molecule has 1 aromatic carbocycles. The molecule has 0 radical (unpaired) electrons. The summed E-state index contributed by atoms with van der Waals surface area (Å²) in [4.78, 5) is 11.1. The van der Waals surface area contributed by atoms with E-state index in [1.54, 1.807) is 14.0 Å². The molecule has 1 fully saturated rings. The highest BCUT2D eigenvalue weighted by Gasteiger charge is 2.19. The molecular weight excluding hydrogens is 248 g/mol. The highest BCUT2D eigenvalue weighted by molar-refractivity contribution is 7.99. The van der Waals surface area contributed by atoms with E-state index in [9.17, 15) is 4.79 Å². The van der Waals surface area contributed by atoms with Crippen molar-refractivity contribution in [3.05, 3.63) is 23.8 Å². The molecule has 1 saturated heterocycles. The summed E-state index contributed by atoms with van der Waals surface area (Å²) in [5, 5.41) is 0. The van der Waals surface area contributed by atoms with Gasteiger partial charge < -0.3 is 9.47 Å². The Bertz CT molecular complexity index is 425. The summed E-state index contributed by atoms with van der Waals surface area (Å²) >= 11 is 1.91. The molecule has 1 heterocycles. The maximum atomic E-state index is 11.1. The number of thioether (sulfide) groups is 1. The van der Waals surface area contributed by atoms with E-state index >= 15 is 0 Å². The number of ether oxygens (including phenoxy) is 2. The second-order valence-corrected chi connectivity index (χ2v) is 5.62. The molecule has 3 nitrogen and oxygen atoms in total. The molecule has 98 valence electrons. The largest absolute Gasteiger partial charge is 0.493 e. The van der Waals surface area contributed by atoms with Gasteiger partial charge in [0.2, 0.25) is 0 Å². The van der Waals surface area contributed by atoms with Gasteiger partial charge >= 0.3 is 0 Å². The Hall–Kier alpha value is -1.16. The summed E-state index contributed by atoms with van der Waals surface area (Å²) in [6, 6.07) is 5.70. The number of carbonyl (C=O) groups excluding carboxylic acids is 1. The lowest BCUT2D eigenvalue weighted by Crippen LogP contribution is -2.15. The maximum absolute atomic E-state index is 11.1. The first-order chi connectivity index (χ1) is 8.69. The lowest BCUT2D eigenvalue weighted by atomic mass is 10.1. The summed E-state index contributed by atoms with van der Waals surface area (Å²) in [6.07, 6.45) is 1.78. The average Bonchev–Trinajstić information content (AvgIpc) is 2.81. The Balaban J connectivity index is 2.15. The molecule has 2 rings (SSSR count). The molecule has 0 N–H and O–H groups in total. The van der Waals surface area contributed by atoms with Crippen molar-refractivity contribution in [2.75, 3.05) is 18.6 Å². The predicted octanol–water partition coefficient (Wildman–Crippen LogP) is 2.71. The first-order valence-electron chi connectivity index (χ1n) is 6.10. The second kappa shape index (κ2) is 6.14. The fourth-order valence-corrected chi connectivity index (χ4v) is 3.09. The Morgan fingerprint density at radius 3 is 2.89 bits per heavy atom. The van der Waals surface area contributed by atoms with Gasteiger partial charge in [-0.2, -0.15) is 11.8 Å². The number of ketones is 1. The van der Waals surface area contributed by atoms with Gasteiger partial charge in [0.05, 0.1) is 7.11 Å². The molecule has 0 aliphatic carbocycles. The molecule has 1 atom stereocenters. The lowest BCUT2D eigenvalue weighted by Gasteiger charge is -2.16. The third-order valence-electron chi connectivity index (χ3n) is 2.86. The van der Waals surface area contributed by atoms with E-state index in [-0.39, 0.29) is 11.9 Å². The molecule has 0 saturated carbocycles. The highest BCUT2D eigenvalue weighted by Crippen LogP contribution is 2.32. The number of Topliss-reactive ketones (excluding diaryl/α,β-unsaturated/α-hetero) is 1. The van der Waals surface area contributed by atoms with Crippen molar-refractivity contribution in [2.24, 2.45) is 0 Å². The van der Waals surface area contributed by atoms with Crippen LogP contribution in [0.4, 0.5) is 0 Å². The number of carbonyl (C=O) groups is 1. The van der Waals surface area contributed by atoms with Crippen molar-refractivity contribution in [3.8, 4) is 11.5 Å². The molecule has 0 amide bonds. The van der Waals surface area contributed by atoms with E-state index in [0.29, 0.717) is 6.42 Å². The lowest BCUT2D eigenvalue weighted by molar-refractivity contribution is -0.116. The van der Waals surface area contributed by atoms with Gasteiger partial charge in [-0.15, -0.1) is 0 Å². The van der Waals surface area contributed by atoms with Crippen LogP contribution in [0.25, 0.3) is 0 Å². The van der Waals surface area contributed by atoms with Gasteiger partial charge in [0, 0.05) is 12.2 Å². The van der Waals surface area contributed by atoms with Gasteiger partial charge in [0.25, 0.3) is 0 Å². The number of methoxy groups -OCH3 is 1. The van der Waals surface area contributed by atoms with Gasteiger partial charge in [-0.3, -0.25) is 4.79 Å². The fourth-order valence-electron chi connectivity index (χ4n) is 2.00. The number of benzene rings is 1. The van der Waals surface area contributed by atoms with Crippen LogP contribution in [-0.4, -0.2) is 30.5 Å². The van der Waals surface area contributed by atoms with E-state index < -0.39 is 0 Å². The van der Waals surface area contributed by atoms with E-state index in [0.717, 1.165) is 35.0 Å². The first-order valence-corrected chi connectivity index (χ1v) is 7.25. The van der Waals surface area contributed by atoms with Crippen molar-refractivity contribution in [2.45, 2.75) is 25.9 Å². The van der Waals surface area contributed by atoms with Crippen LogP contribution in [0.1, 0.15) is 18.9 Å². The summed E-state index contributed by atoms with van der Waals surface area (Å²) < 4.78 is 11.3. The molecule has 18 heavy (non-hydrogen) atoms. The molecule has 4 heteroatoms. The topological polar surface area (TPSA) is 35.5 Å². The van der Waals surface area contributed by atoms with Gasteiger partial charge in [-0.25, -0.2) is 0 Å². The second-order valence-electron chi connectivity index (χ2n) is 4.47. The minimum Gasteiger partial charge on any atom is -0.493 e. The Morgan fingerprint density at radius 2 is 2.28 bits per heavy atom. The average molecular weight is 266 g/mol. The zero-order chi connectivity index (χ0) is 13.0. The van der Waals surface area contributed by atoms with Crippen LogP contribution in [0, 0.1) is 0 Å². The molecule has 0 bridgehead atoms. The molecule has 1 aromatic rings. The Kier molecular flexibility index (Phi) is 4.53. The monoisotopic (exact) mass is 266 g/mol. The van der Waals surface area contributed by atoms with E-state index in [1.165, 1.54) is 0 Å². The van der Waals surface area contributed by atoms with Crippen LogP contribution >= 0.6 is 11.8 Å². The van der Waals surface area contributed by atoms with Gasteiger partial charge in [-0.05, 0) is 36.8 Å². The van der Waals surface area contributed by atoms with Gasteiger partial charge in [-0.1, -0.05) is 6.07 Å². The molecule has 1 aliphatic heterocycles. The third-order valence-corrected chi connectivity index (χ3v) is 3.99. The van der Waals surface area contributed by atoms with Crippen molar-refractivity contribution < 1.29 is 14.3 Å². The summed E-state index contributed by atoms with van der Waals surface area (Å²) in [6.45, 7) is 1.60. The first kappa shape index (κ1) is 13.3. The summed E-state index contributed by atoms with van der Waals surface area (Å²) in [7, 11) is 1.64. The van der Waals surface area contributed by atoms with Crippen molar-refractivity contribution >= 4 is 17.5 Å². The summed E-state index contributed by atoms with van der Waals surface area (Å²) in [5.74, 6) is 3.82. The quantitative estimate of drug-likeness (QED) is 0.821. The van der Waals surface area contributed by atoms with E-state index in [4.69, 9.17) is 9.47 Å². The van der Waals surface area contributed by atoms with E-state index in [1.807, 2.05) is 30.0 Å². The normalized spacial score (nSPS) is 18.7. The van der Waals surface area contributed by atoms with Crippen LogP contribution in [0.2, 0.25) is 0 Å². The van der Waals surface area contributed by atoms with Crippen LogP contribution in [-0.2, 0) is 11.2 Å². The summed E-state index contributed by atoms with van der Waals surface area (Å²) in [5.41, 5.74) is 0.976. The molecule has 1 unspecified atom stereocenters. The maximum Gasteiger partial charge on any atom is 0.161 e. The number of rotatable bonds is 5. The van der Waals surface area contributed by atoms with Gasteiger partial charge in [0.1, 0.15) is 11.9 Å². The van der Waals surface area contributed by atoms with Crippen LogP contribution < -0.4 is 9.47 Å². The predicted molar refractivity (Wildman–Crippen MR) is 73.7 cm³/mol. The van der Waals surface area contributed by atoms with Gasteiger partial charge in [0.15, 0.2) is 11.5 Å². The zero-order valence-electron chi connectivity index (χ0n) is 10.8. The standard InChI is InChI=1S/C14H18O3S/c1-10(15)7-11-3-4-13(16-2)14(8-11)17-12-5-6-18-9-12/h3-4,8,12H,5-7,9H2,1-2H3. The minimum atomic E-state index is 0.155. The SMILES string of the molecule is COc1ccc(CC(C)=O)cc1OC1CCSC1. The molecule has 1 aliphatic rings. The Morgan fingerprint density at radius 1 is 1.44 bits per heavy atom. The number of hydrogen-bond acceptors (Lipinski definition) is 4. The molecule has 0 spiro atoms. The molecular formula is C14H18O3S. The zero-order valence-corrected chi connectivity index (χ0v) is 11.6. The third kappa shape index (κ3) is 3.42. The fraction of sp³-hybridized carbons (Fsp3) is 0.500. The highest BCUT2D eigenvalue weighted by atomic mass is 32.2. The smallest absolute Gasteiger partial charge is 0.161 e. The van der Waals surface area contributed by atoms with Crippen LogP contribution in [0.3, 0.4) is 0 Å². The van der Waals surface area contributed by atoms with Crippen LogP contribution in [0.15, 0.2) is 18.2 Å². The van der Waals surface area contributed by atoms with Crippen molar-refractivity contribution in [1.29, 1.82) is 0 Å². The van der Waals surface area contributed by atoms with Crippen molar-refractivity contribution in [3.63, 3.8) is 0 Å². The number of hydrogen-bond donors (Lipinski definition) is 0.